The summed E-state index contributed by atoms with van der Waals surface area (Å²) in [5.41, 5.74) is 2.43. The average Bonchev–Trinajstić information content (AvgIpc) is 2.83. The maximum absolute atomic E-state index is 10.7. The van der Waals surface area contributed by atoms with Crippen molar-refractivity contribution in [3.05, 3.63) is 29.3 Å². The summed E-state index contributed by atoms with van der Waals surface area (Å²) in [5, 5.41) is 21.1. The third kappa shape index (κ3) is 1.88. The van der Waals surface area contributed by atoms with Gasteiger partial charge in [-0.1, -0.05) is 13.0 Å². The molecule has 4 rings (SSSR count). The summed E-state index contributed by atoms with van der Waals surface area (Å²) in [4.78, 5) is 0. The average molecular weight is 302 g/mol. The van der Waals surface area contributed by atoms with Crippen LogP contribution in [0.3, 0.4) is 0 Å². The molecule has 3 aliphatic rings. The van der Waals surface area contributed by atoms with Gasteiger partial charge in [-0.05, 0) is 78.5 Å². The van der Waals surface area contributed by atoms with E-state index in [1.165, 1.54) is 5.56 Å². The van der Waals surface area contributed by atoms with Crippen molar-refractivity contribution in [3.8, 4) is 5.75 Å². The van der Waals surface area contributed by atoms with Crippen LogP contribution in [0.1, 0.15) is 62.2 Å². The van der Waals surface area contributed by atoms with E-state index in [1.807, 2.05) is 12.1 Å². The monoisotopic (exact) mass is 302 g/mol. The smallest absolute Gasteiger partial charge is 0.119 e. The molecule has 3 heteroatoms. The number of hydrogen-bond donors (Lipinski definition) is 2. The summed E-state index contributed by atoms with van der Waals surface area (Å²) in [6, 6.07) is 6.18. The van der Waals surface area contributed by atoms with E-state index in [1.54, 1.807) is 7.11 Å². The van der Waals surface area contributed by atoms with Crippen molar-refractivity contribution in [3.63, 3.8) is 0 Å². The molecule has 2 saturated carbocycles. The van der Waals surface area contributed by atoms with Crippen LogP contribution in [0.15, 0.2) is 18.2 Å². The third-order valence-corrected chi connectivity index (χ3v) is 6.93. The molecule has 120 valence electrons. The SMILES string of the molecule is COc1ccc2c(c1)[C@H](O)C[C@H]1[C@H]3CC[C@H](O)[C@@]3(C)CC[C@@H]21. The second-order valence-electron chi connectivity index (χ2n) is 7.76. The van der Waals surface area contributed by atoms with Crippen molar-refractivity contribution in [1.82, 2.24) is 0 Å². The van der Waals surface area contributed by atoms with Crippen LogP contribution in [-0.2, 0) is 0 Å². The van der Waals surface area contributed by atoms with Crippen LogP contribution in [0, 0.1) is 17.3 Å². The molecule has 6 atom stereocenters. The Labute approximate surface area is 132 Å². The molecule has 2 N–H and O–H groups in total. The van der Waals surface area contributed by atoms with Gasteiger partial charge >= 0.3 is 0 Å². The molecule has 0 amide bonds. The number of rotatable bonds is 1. The third-order valence-electron chi connectivity index (χ3n) is 6.93. The first-order valence-electron chi connectivity index (χ1n) is 8.58. The van der Waals surface area contributed by atoms with Crippen LogP contribution in [-0.4, -0.2) is 23.4 Å². The number of hydrogen-bond acceptors (Lipinski definition) is 3. The molecule has 2 fully saturated rings. The topological polar surface area (TPSA) is 49.7 Å². The molecule has 1 aromatic rings. The molecule has 0 aromatic heterocycles. The van der Waals surface area contributed by atoms with E-state index in [2.05, 4.69) is 13.0 Å². The Morgan fingerprint density at radius 1 is 1.14 bits per heavy atom. The van der Waals surface area contributed by atoms with Crippen molar-refractivity contribution >= 4 is 0 Å². The molecule has 0 spiro atoms. The zero-order chi connectivity index (χ0) is 15.5. The van der Waals surface area contributed by atoms with Crippen LogP contribution >= 0.6 is 0 Å². The molecule has 0 aliphatic heterocycles. The van der Waals surface area contributed by atoms with Gasteiger partial charge in [0.05, 0.1) is 19.3 Å². The second kappa shape index (κ2) is 4.97. The van der Waals surface area contributed by atoms with Crippen molar-refractivity contribution in [2.45, 2.75) is 57.2 Å². The van der Waals surface area contributed by atoms with Gasteiger partial charge in [-0.2, -0.15) is 0 Å². The molecular weight excluding hydrogens is 276 g/mol. The van der Waals surface area contributed by atoms with Gasteiger partial charge in [0.2, 0.25) is 0 Å². The minimum atomic E-state index is -0.397. The quantitative estimate of drug-likeness (QED) is 0.836. The highest BCUT2D eigenvalue weighted by Crippen LogP contribution is 2.62. The number of fused-ring (bicyclic) bond motifs is 5. The lowest BCUT2D eigenvalue weighted by Crippen LogP contribution is -2.44. The minimum Gasteiger partial charge on any atom is -0.497 e. The number of benzene rings is 1. The van der Waals surface area contributed by atoms with Gasteiger partial charge in [0.25, 0.3) is 0 Å². The zero-order valence-corrected chi connectivity index (χ0v) is 13.5. The molecule has 0 saturated heterocycles. The van der Waals surface area contributed by atoms with Crippen molar-refractivity contribution in [2.24, 2.45) is 17.3 Å². The van der Waals surface area contributed by atoms with Crippen molar-refractivity contribution < 1.29 is 14.9 Å². The highest BCUT2D eigenvalue weighted by atomic mass is 16.5. The van der Waals surface area contributed by atoms with E-state index < -0.39 is 6.10 Å². The van der Waals surface area contributed by atoms with Crippen LogP contribution in [0.25, 0.3) is 0 Å². The number of methoxy groups -OCH3 is 1. The van der Waals surface area contributed by atoms with Crippen LogP contribution < -0.4 is 4.74 Å². The van der Waals surface area contributed by atoms with Gasteiger partial charge in [0, 0.05) is 0 Å². The van der Waals surface area contributed by atoms with E-state index in [0.717, 1.165) is 43.4 Å². The van der Waals surface area contributed by atoms with Crippen LogP contribution in [0.5, 0.6) is 5.75 Å². The molecule has 0 bridgehead atoms. The number of aliphatic hydroxyl groups is 2. The summed E-state index contributed by atoms with van der Waals surface area (Å²) in [7, 11) is 1.67. The van der Waals surface area contributed by atoms with E-state index >= 15 is 0 Å². The Morgan fingerprint density at radius 3 is 2.73 bits per heavy atom. The Hall–Kier alpha value is -1.06. The maximum atomic E-state index is 10.7. The van der Waals surface area contributed by atoms with Crippen LogP contribution in [0.4, 0.5) is 0 Å². The van der Waals surface area contributed by atoms with Crippen molar-refractivity contribution in [1.29, 1.82) is 0 Å². The lowest BCUT2D eigenvalue weighted by molar-refractivity contribution is -0.0372. The molecule has 3 nitrogen and oxygen atoms in total. The predicted molar refractivity (Wildman–Crippen MR) is 84.9 cm³/mol. The summed E-state index contributed by atoms with van der Waals surface area (Å²) >= 11 is 0. The summed E-state index contributed by atoms with van der Waals surface area (Å²) < 4.78 is 5.32. The highest BCUT2D eigenvalue weighted by molar-refractivity contribution is 5.42. The lowest BCUT2D eigenvalue weighted by Gasteiger charge is -2.50. The Balaban J connectivity index is 1.73. The van der Waals surface area contributed by atoms with E-state index in [-0.39, 0.29) is 11.5 Å². The zero-order valence-electron chi connectivity index (χ0n) is 13.5. The first-order valence-corrected chi connectivity index (χ1v) is 8.58. The highest BCUT2D eigenvalue weighted by Gasteiger charge is 2.55. The maximum Gasteiger partial charge on any atom is 0.119 e. The standard InChI is InChI=1S/C19H26O3/c1-19-8-7-13-12-4-3-11(22-2)9-15(12)17(20)10-14(13)16(19)5-6-18(19)21/h3-4,9,13-14,16-18,20-21H,5-8,10H2,1-2H3/t13-,14+,16+,17+,18-,19-/m0/s1. The van der Waals surface area contributed by atoms with Gasteiger partial charge in [-0.3, -0.25) is 0 Å². The molecule has 0 heterocycles. The molecule has 0 radical (unpaired) electrons. The Kier molecular flexibility index (Phi) is 3.28. The number of aliphatic hydroxyl groups excluding tert-OH is 2. The van der Waals surface area contributed by atoms with Gasteiger partial charge in [0.15, 0.2) is 0 Å². The first-order chi connectivity index (χ1) is 10.5. The fraction of sp³-hybridized carbons (Fsp3) is 0.684. The van der Waals surface area contributed by atoms with E-state index in [0.29, 0.717) is 17.8 Å². The second-order valence-corrected chi connectivity index (χ2v) is 7.76. The Bertz CT molecular complexity index is 584. The van der Waals surface area contributed by atoms with E-state index in [9.17, 15) is 10.2 Å². The van der Waals surface area contributed by atoms with Gasteiger partial charge in [-0.25, -0.2) is 0 Å². The van der Waals surface area contributed by atoms with E-state index in [4.69, 9.17) is 4.74 Å². The summed E-state index contributed by atoms with van der Waals surface area (Å²) in [6.07, 6.45) is 4.53. The number of ether oxygens (including phenoxy) is 1. The van der Waals surface area contributed by atoms with Gasteiger partial charge in [0.1, 0.15) is 5.75 Å². The molecule has 22 heavy (non-hydrogen) atoms. The Morgan fingerprint density at radius 2 is 1.95 bits per heavy atom. The largest absolute Gasteiger partial charge is 0.497 e. The van der Waals surface area contributed by atoms with Crippen molar-refractivity contribution in [2.75, 3.05) is 7.11 Å². The molecule has 3 aliphatic carbocycles. The van der Waals surface area contributed by atoms with Crippen LogP contribution in [0.2, 0.25) is 0 Å². The molecule has 1 aromatic carbocycles. The van der Waals surface area contributed by atoms with Gasteiger partial charge < -0.3 is 14.9 Å². The fourth-order valence-corrected chi connectivity index (χ4v) is 5.67. The fourth-order valence-electron chi connectivity index (χ4n) is 5.67. The normalized spacial score (nSPS) is 43.2. The minimum absolute atomic E-state index is 0.0604. The summed E-state index contributed by atoms with van der Waals surface area (Å²) in [5.74, 6) is 2.42. The molecule has 0 unspecified atom stereocenters. The summed E-state index contributed by atoms with van der Waals surface area (Å²) in [6.45, 7) is 2.27. The molecular formula is C19H26O3. The lowest BCUT2D eigenvalue weighted by atomic mass is 9.55. The predicted octanol–water partition coefficient (Wildman–Crippen LogP) is 3.40. The van der Waals surface area contributed by atoms with Gasteiger partial charge in [-0.15, -0.1) is 0 Å². The first kappa shape index (κ1) is 14.5.